The van der Waals surface area contributed by atoms with Crippen LogP contribution in [0.15, 0.2) is 35.7 Å². The fourth-order valence-corrected chi connectivity index (χ4v) is 2.40. The lowest BCUT2D eigenvalue weighted by Gasteiger charge is -2.10. The Labute approximate surface area is 105 Å². The number of nitrogens with two attached hydrogens (primary N) is 1. The van der Waals surface area contributed by atoms with Crippen LogP contribution in [0.3, 0.4) is 0 Å². The number of benzene rings is 1. The van der Waals surface area contributed by atoms with Gasteiger partial charge in [0.15, 0.2) is 5.78 Å². The maximum Gasteiger partial charge on any atom is 0.184 e. The summed E-state index contributed by atoms with van der Waals surface area (Å²) >= 11 is 1.52. The zero-order valence-electron chi connectivity index (χ0n) is 9.94. The summed E-state index contributed by atoms with van der Waals surface area (Å²) in [7, 11) is 0. The molecule has 17 heavy (non-hydrogen) atoms. The number of thiophene rings is 1. The van der Waals surface area contributed by atoms with E-state index in [2.05, 4.69) is 0 Å². The molecule has 0 fully saturated rings. The SMILES string of the molecule is Cc1ccc(C(=O)C(N)c2cccs2)cc1C. The van der Waals surface area contributed by atoms with Gasteiger partial charge in [-0.2, -0.15) is 0 Å². The van der Waals surface area contributed by atoms with Gasteiger partial charge in [-0.15, -0.1) is 11.3 Å². The standard InChI is InChI=1S/C14H15NOS/c1-9-5-6-11(8-10(9)2)14(16)13(15)12-4-3-7-17-12/h3-8,13H,15H2,1-2H3. The van der Waals surface area contributed by atoms with E-state index in [-0.39, 0.29) is 5.78 Å². The quantitative estimate of drug-likeness (QED) is 0.843. The second-order valence-corrected chi connectivity index (χ2v) is 5.14. The lowest BCUT2D eigenvalue weighted by Crippen LogP contribution is -2.20. The summed E-state index contributed by atoms with van der Waals surface area (Å²) in [6.07, 6.45) is 0. The lowest BCUT2D eigenvalue weighted by molar-refractivity contribution is 0.0962. The van der Waals surface area contributed by atoms with Gasteiger partial charge >= 0.3 is 0 Å². The van der Waals surface area contributed by atoms with Gasteiger partial charge in [-0.05, 0) is 42.5 Å². The van der Waals surface area contributed by atoms with Crippen molar-refractivity contribution in [2.24, 2.45) is 5.73 Å². The lowest BCUT2D eigenvalue weighted by atomic mass is 9.99. The highest BCUT2D eigenvalue weighted by atomic mass is 32.1. The van der Waals surface area contributed by atoms with Gasteiger partial charge in [-0.3, -0.25) is 4.79 Å². The topological polar surface area (TPSA) is 43.1 Å². The number of rotatable bonds is 3. The van der Waals surface area contributed by atoms with Crippen molar-refractivity contribution in [3.8, 4) is 0 Å². The highest BCUT2D eigenvalue weighted by Crippen LogP contribution is 2.21. The first-order valence-electron chi connectivity index (χ1n) is 5.50. The maximum absolute atomic E-state index is 12.2. The summed E-state index contributed by atoms with van der Waals surface area (Å²) in [5, 5.41) is 1.93. The first-order valence-corrected chi connectivity index (χ1v) is 6.38. The Kier molecular flexibility index (Phi) is 3.41. The minimum absolute atomic E-state index is 0.0180. The van der Waals surface area contributed by atoms with Crippen LogP contribution in [0.5, 0.6) is 0 Å². The number of hydrogen-bond acceptors (Lipinski definition) is 3. The minimum Gasteiger partial charge on any atom is -0.317 e. The number of hydrogen-bond donors (Lipinski definition) is 1. The first-order chi connectivity index (χ1) is 8.09. The number of Topliss-reactive ketones (excluding diaryl/α,β-unsaturated/α-hetero) is 1. The molecule has 2 nitrogen and oxygen atoms in total. The van der Waals surface area contributed by atoms with E-state index in [4.69, 9.17) is 5.73 Å². The van der Waals surface area contributed by atoms with Crippen LogP contribution in [0.1, 0.15) is 32.4 Å². The predicted octanol–water partition coefficient (Wildman–Crippen LogP) is 3.25. The van der Waals surface area contributed by atoms with E-state index in [0.29, 0.717) is 5.56 Å². The molecule has 2 N–H and O–H groups in total. The molecule has 0 saturated heterocycles. The Balaban J connectivity index is 2.28. The third kappa shape index (κ3) is 2.46. The first kappa shape index (κ1) is 12.0. The molecule has 3 heteroatoms. The van der Waals surface area contributed by atoms with Crippen LogP contribution in [0, 0.1) is 13.8 Å². The van der Waals surface area contributed by atoms with E-state index in [9.17, 15) is 4.79 Å². The van der Waals surface area contributed by atoms with Crippen LogP contribution in [-0.2, 0) is 0 Å². The molecule has 0 aliphatic rings. The van der Waals surface area contributed by atoms with Gasteiger partial charge in [0.25, 0.3) is 0 Å². The van der Waals surface area contributed by atoms with Crippen molar-refractivity contribution >= 4 is 17.1 Å². The number of ketones is 1. The molecule has 0 bridgehead atoms. The van der Waals surface area contributed by atoms with Crippen molar-refractivity contribution in [1.82, 2.24) is 0 Å². The summed E-state index contributed by atoms with van der Waals surface area (Å²) in [5.74, 6) is -0.0180. The highest BCUT2D eigenvalue weighted by Gasteiger charge is 2.18. The maximum atomic E-state index is 12.2. The summed E-state index contributed by atoms with van der Waals surface area (Å²) in [4.78, 5) is 13.1. The summed E-state index contributed by atoms with van der Waals surface area (Å²) < 4.78 is 0. The second kappa shape index (κ2) is 4.82. The Hall–Kier alpha value is -1.45. The predicted molar refractivity (Wildman–Crippen MR) is 71.5 cm³/mol. The van der Waals surface area contributed by atoms with E-state index in [1.165, 1.54) is 16.9 Å². The van der Waals surface area contributed by atoms with E-state index < -0.39 is 6.04 Å². The van der Waals surface area contributed by atoms with Crippen molar-refractivity contribution in [2.45, 2.75) is 19.9 Å². The average molecular weight is 245 g/mol. The molecule has 0 saturated carbocycles. The van der Waals surface area contributed by atoms with Gasteiger partial charge in [0.1, 0.15) is 6.04 Å². The van der Waals surface area contributed by atoms with E-state index in [0.717, 1.165) is 10.4 Å². The van der Waals surface area contributed by atoms with Crippen molar-refractivity contribution in [3.63, 3.8) is 0 Å². The molecule has 1 aromatic heterocycles. The molecule has 1 heterocycles. The fourth-order valence-electron chi connectivity index (χ4n) is 1.67. The molecular formula is C14H15NOS. The third-order valence-electron chi connectivity index (χ3n) is 2.92. The Bertz CT molecular complexity index is 531. The summed E-state index contributed by atoms with van der Waals surface area (Å²) in [5.41, 5.74) is 8.96. The highest BCUT2D eigenvalue weighted by molar-refractivity contribution is 7.10. The van der Waals surface area contributed by atoms with Crippen LogP contribution in [-0.4, -0.2) is 5.78 Å². The molecule has 0 spiro atoms. The van der Waals surface area contributed by atoms with Gasteiger partial charge in [0.05, 0.1) is 0 Å². The monoisotopic (exact) mass is 245 g/mol. The number of aryl methyl sites for hydroxylation is 2. The van der Waals surface area contributed by atoms with Gasteiger partial charge in [-0.25, -0.2) is 0 Å². The average Bonchev–Trinajstić information content (AvgIpc) is 2.84. The fraction of sp³-hybridized carbons (Fsp3) is 0.214. The van der Waals surface area contributed by atoms with E-state index in [1.807, 2.05) is 49.6 Å². The molecule has 2 aromatic rings. The van der Waals surface area contributed by atoms with Crippen LogP contribution < -0.4 is 5.73 Å². The molecule has 0 radical (unpaired) electrons. The smallest absolute Gasteiger partial charge is 0.184 e. The zero-order valence-corrected chi connectivity index (χ0v) is 10.8. The van der Waals surface area contributed by atoms with Crippen molar-refractivity contribution < 1.29 is 4.79 Å². The van der Waals surface area contributed by atoms with Gasteiger partial charge in [-0.1, -0.05) is 18.2 Å². The van der Waals surface area contributed by atoms with Gasteiger partial charge < -0.3 is 5.73 Å². The minimum atomic E-state index is -0.544. The number of carbonyl (C=O) groups is 1. The molecular weight excluding hydrogens is 230 g/mol. The van der Waals surface area contributed by atoms with Crippen LogP contribution >= 0.6 is 11.3 Å². The Morgan fingerprint density at radius 1 is 1.24 bits per heavy atom. The summed E-state index contributed by atoms with van der Waals surface area (Å²) in [6.45, 7) is 4.03. The molecule has 1 unspecified atom stereocenters. The van der Waals surface area contributed by atoms with Gasteiger partial charge in [0, 0.05) is 10.4 Å². The molecule has 2 rings (SSSR count). The van der Waals surface area contributed by atoms with E-state index in [1.54, 1.807) is 0 Å². The van der Waals surface area contributed by atoms with Crippen molar-refractivity contribution in [3.05, 3.63) is 57.3 Å². The van der Waals surface area contributed by atoms with Crippen LogP contribution in [0.2, 0.25) is 0 Å². The van der Waals surface area contributed by atoms with Crippen LogP contribution in [0.25, 0.3) is 0 Å². The van der Waals surface area contributed by atoms with Gasteiger partial charge in [0.2, 0.25) is 0 Å². The molecule has 1 aromatic carbocycles. The molecule has 0 aliphatic carbocycles. The number of carbonyl (C=O) groups excluding carboxylic acids is 1. The summed E-state index contributed by atoms with van der Waals surface area (Å²) in [6, 6.07) is 8.98. The van der Waals surface area contributed by atoms with E-state index >= 15 is 0 Å². The zero-order chi connectivity index (χ0) is 12.4. The second-order valence-electron chi connectivity index (χ2n) is 4.16. The van der Waals surface area contributed by atoms with Crippen molar-refractivity contribution in [1.29, 1.82) is 0 Å². The Morgan fingerprint density at radius 2 is 2.00 bits per heavy atom. The molecule has 1 atom stereocenters. The third-order valence-corrected chi connectivity index (χ3v) is 3.88. The normalized spacial score (nSPS) is 12.4. The largest absolute Gasteiger partial charge is 0.317 e. The van der Waals surface area contributed by atoms with Crippen LogP contribution in [0.4, 0.5) is 0 Å². The van der Waals surface area contributed by atoms with Crippen molar-refractivity contribution in [2.75, 3.05) is 0 Å². The molecule has 0 amide bonds. The molecule has 88 valence electrons. The molecule has 0 aliphatic heterocycles. The Morgan fingerprint density at radius 3 is 2.59 bits per heavy atom.